The largest absolute Gasteiger partial charge is 0.384 e. The Morgan fingerprint density at radius 1 is 1.53 bits per heavy atom. The van der Waals surface area contributed by atoms with E-state index in [4.69, 9.17) is 0 Å². The van der Waals surface area contributed by atoms with Gasteiger partial charge < -0.3 is 10.2 Å². The van der Waals surface area contributed by atoms with Crippen molar-refractivity contribution in [3.05, 3.63) is 23.8 Å². The summed E-state index contributed by atoms with van der Waals surface area (Å²) in [6.07, 6.45) is 0.516. The van der Waals surface area contributed by atoms with Crippen molar-refractivity contribution < 1.29 is 4.79 Å². The van der Waals surface area contributed by atoms with Crippen LogP contribution >= 0.6 is 12.6 Å². The third-order valence-corrected chi connectivity index (χ3v) is 2.82. The molecule has 0 saturated carbocycles. The summed E-state index contributed by atoms with van der Waals surface area (Å²) in [5.74, 6) is 0.965. The number of rotatable bonds is 3. The van der Waals surface area contributed by atoms with Gasteiger partial charge in [-0.05, 0) is 23.8 Å². The highest BCUT2D eigenvalue weighted by Gasteiger charge is 2.23. The van der Waals surface area contributed by atoms with Gasteiger partial charge in [0, 0.05) is 30.7 Å². The first kappa shape index (κ1) is 10.4. The van der Waals surface area contributed by atoms with Crippen molar-refractivity contribution in [3.63, 3.8) is 0 Å². The fourth-order valence-electron chi connectivity index (χ4n) is 1.78. The highest BCUT2D eigenvalue weighted by Crippen LogP contribution is 2.29. The lowest BCUT2D eigenvalue weighted by Gasteiger charge is -2.11. The first-order valence-corrected chi connectivity index (χ1v) is 5.60. The minimum absolute atomic E-state index is 0.163. The monoisotopic (exact) mass is 222 g/mol. The summed E-state index contributed by atoms with van der Waals surface area (Å²) in [5.41, 5.74) is 3.19. The van der Waals surface area contributed by atoms with Crippen molar-refractivity contribution in [3.8, 4) is 0 Å². The zero-order valence-electron chi connectivity index (χ0n) is 8.66. The lowest BCUT2D eigenvalue weighted by atomic mass is 10.1. The fourth-order valence-corrected chi connectivity index (χ4v) is 1.89. The number of benzene rings is 1. The maximum atomic E-state index is 11.4. The van der Waals surface area contributed by atoms with E-state index in [-0.39, 0.29) is 5.91 Å². The molecule has 3 nitrogen and oxygen atoms in total. The Bertz CT molecular complexity index is 392. The number of hydrogen-bond donors (Lipinski definition) is 2. The van der Waals surface area contributed by atoms with E-state index < -0.39 is 0 Å². The second-order valence-corrected chi connectivity index (χ2v) is 4.07. The molecule has 1 N–H and O–H groups in total. The van der Waals surface area contributed by atoms with E-state index in [1.54, 1.807) is 4.90 Å². The number of likely N-dealkylation sites (N-methyl/N-ethyl adjacent to an activating group) is 1. The van der Waals surface area contributed by atoms with Crippen molar-refractivity contribution in [2.75, 3.05) is 29.6 Å². The van der Waals surface area contributed by atoms with Crippen molar-refractivity contribution >= 4 is 29.9 Å². The molecular weight excluding hydrogens is 208 g/mol. The summed E-state index contributed by atoms with van der Waals surface area (Å²) in [6.45, 7) is 0.839. The zero-order chi connectivity index (χ0) is 10.8. The number of nitrogens with zero attached hydrogens (tertiary/aromatic N) is 1. The summed E-state index contributed by atoms with van der Waals surface area (Å²) in [7, 11) is 1.81. The van der Waals surface area contributed by atoms with Crippen LogP contribution in [-0.2, 0) is 11.2 Å². The third-order valence-electron chi connectivity index (χ3n) is 2.60. The number of carbonyl (C=O) groups excluding carboxylic acids is 1. The average molecular weight is 222 g/mol. The first-order valence-electron chi connectivity index (χ1n) is 4.96. The van der Waals surface area contributed by atoms with E-state index in [9.17, 15) is 4.79 Å². The Balaban J connectivity index is 2.22. The lowest BCUT2D eigenvalue weighted by molar-refractivity contribution is -0.117. The van der Waals surface area contributed by atoms with Crippen molar-refractivity contribution in [1.29, 1.82) is 0 Å². The van der Waals surface area contributed by atoms with E-state index in [0.717, 1.165) is 29.2 Å². The number of thiol groups is 1. The molecule has 15 heavy (non-hydrogen) atoms. The third kappa shape index (κ3) is 1.95. The normalized spacial score (nSPS) is 14.3. The standard InChI is InChI=1S/C11H14N2OS/c1-13-10-3-2-9(12-4-5-15)6-8(10)7-11(13)14/h2-3,6,12,15H,4-5,7H2,1H3. The summed E-state index contributed by atoms with van der Waals surface area (Å²) >= 11 is 4.14. The topological polar surface area (TPSA) is 32.3 Å². The predicted octanol–water partition coefficient (Wildman–Crippen LogP) is 1.55. The number of fused-ring (bicyclic) bond motifs is 1. The van der Waals surface area contributed by atoms with Crippen LogP contribution in [0.2, 0.25) is 0 Å². The highest BCUT2D eigenvalue weighted by atomic mass is 32.1. The van der Waals surface area contributed by atoms with E-state index >= 15 is 0 Å². The Kier molecular flexibility index (Phi) is 2.86. The van der Waals surface area contributed by atoms with Crippen LogP contribution < -0.4 is 10.2 Å². The van der Waals surface area contributed by atoms with E-state index in [1.807, 2.05) is 25.2 Å². The van der Waals surface area contributed by atoms with E-state index in [0.29, 0.717) is 6.42 Å². The van der Waals surface area contributed by atoms with Crippen molar-refractivity contribution in [2.45, 2.75) is 6.42 Å². The number of carbonyl (C=O) groups is 1. The molecule has 0 fully saturated rings. The smallest absolute Gasteiger partial charge is 0.231 e. The van der Waals surface area contributed by atoms with Crippen LogP contribution in [0.3, 0.4) is 0 Å². The zero-order valence-corrected chi connectivity index (χ0v) is 9.55. The molecule has 0 spiro atoms. The molecule has 1 aromatic carbocycles. The van der Waals surface area contributed by atoms with Gasteiger partial charge in [-0.2, -0.15) is 12.6 Å². The van der Waals surface area contributed by atoms with Gasteiger partial charge in [0.2, 0.25) is 5.91 Å². The van der Waals surface area contributed by atoms with Gasteiger partial charge in [0.25, 0.3) is 0 Å². The number of nitrogens with one attached hydrogen (secondary N) is 1. The van der Waals surface area contributed by atoms with Gasteiger partial charge in [0.05, 0.1) is 6.42 Å². The molecule has 0 atom stereocenters. The molecule has 0 saturated heterocycles. The molecule has 1 heterocycles. The van der Waals surface area contributed by atoms with Gasteiger partial charge in [-0.1, -0.05) is 0 Å². The van der Waals surface area contributed by atoms with Crippen molar-refractivity contribution in [2.24, 2.45) is 0 Å². The molecule has 1 aliphatic heterocycles. The SMILES string of the molecule is CN1C(=O)Cc2cc(NCCS)ccc21. The van der Waals surface area contributed by atoms with Crippen LogP contribution in [-0.4, -0.2) is 25.3 Å². The summed E-state index contributed by atoms with van der Waals surface area (Å²) in [4.78, 5) is 13.2. The van der Waals surface area contributed by atoms with Crippen LogP contribution in [0.1, 0.15) is 5.56 Å². The molecule has 0 bridgehead atoms. The minimum atomic E-state index is 0.163. The maximum absolute atomic E-state index is 11.4. The molecule has 80 valence electrons. The highest BCUT2D eigenvalue weighted by molar-refractivity contribution is 7.80. The van der Waals surface area contributed by atoms with Gasteiger partial charge in [-0.15, -0.1) is 0 Å². The van der Waals surface area contributed by atoms with E-state index in [2.05, 4.69) is 17.9 Å². The van der Waals surface area contributed by atoms with Crippen LogP contribution in [0, 0.1) is 0 Å². The van der Waals surface area contributed by atoms with Crippen LogP contribution in [0.4, 0.5) is 11.4 Å². The molecule has 0 aromatic heterocycles. The Hall–Kier alpha value is -1.16. The second kappa shape index (κ2) is 4.14. The molecular formula is C11H14N2OS. The summed E-state index contributed by atoms with van der Waals surface area (Å²) in [6, 6.07) is 6.03. The van der Waals surface area contributed by atoms with Gasteiger partial charge >= 0.3 is 0 Å². The van der Waals surface area contributed by atoms with Gasteiger partial charge in [0.1, 0.15) is 0 Å². The van der Waals surface area contributed by atoms with Crippen molar-refractivity contribution in [1.82, 2.24) is 0 Å². The second-order valence-electron chi connectivity index (χ2n) is 3.62. The molecule has 2 rings (SSSR count). The Labute approximate surface area is 94.9 Å². The van der Waals surface area contributed by atoms with E-state index in [1.165, 1.54) is 0 Å². The first-order chi connectivity index (χ1) is 7.22. The summed E-state index contributed by atoms with van der Waals surface area (Å²) < 4.78 is 0. The molecule has 1 aromatic rings. The van der Waals surface area contributed by atoms with Crippen LogP contribution in [0.15, 0.2) is 18.2 Å². The molecule has 1 aliphatic rings. The van der Waals surface area contributed by atoms with Gasteiger partial charge in [-0.3, -0.25) is 4.79 Å². The van der Waals surface area contributed by atoms with Gasteiger partial charge in [-0.25, -0.2) is 0 Å². The Morgan fingerprint density at radius 3 is 3.07 bits per heavy atom. The van der Waals surface area contributed by atoms with Crippen LogP contribution in [0.25, 0.3) is 0 Å². The minimum Gasteiger partial charge on any atom is -0.384 e. The summed E-state index contributed by atoms with van der Waals surface area (Å²) in [5, 5.41) is 3.25. The Morgan fingerprint density at radius 2 is 2.33 bits per heavy atom. The van der Waals surface area contributed by atoms with Gasteiger partial charge in [0.15, 0.2) is 0 Å². The molecule has 4 heteroatoms. The number of hydrogen-bond acceptors (Lipinski definition) is 3. The average Bonchev–Trinajstić information content (AvgIpc) is 2.52. The molecule has 0 radical (unpaired) electrons. The predicted molar refractivity (Wildman–Crippen MR) is 65.9 cm³/mol. The lowest BCUT2D eigenvalue weighted by Crippen LogP contribution is -2.20. The molecule has 1 amide bonds. The maximum Gasteiger partial charge on any atom is 0.231 e. The number of amides is 1. The quantitative estimate of drug-likeness (QED) is 0.761. The fraction of sp³-hybridized carbons (Fsp3) is 0.364. The molecule has 0 aliphatic carbocycles. The van der Waals surface area contributed by atoms with Crippen LogP contribution in [0.5, 0.6) is 0 Å². The number of anilines is 2. The molecule has 0 unspecified atom stereocenters.